The number of aromatic amines is 1. The number of nitrogens with one attached hydrogen (secondary N) is 3. The monoisotopic (exact) mass is 548 g/mol. The van der Waals surface area contributed by atoms with Gasteiger partial charge in [0.1, 0.15) is 5.52 Å². The second-order valence-corrected chi connectivity index (χ2v) is 9.54. The minimum Gasteiger partial charge on any atom is -0.338 e. The zero-order valence-electron chi connectivity index (χ0n) is 20.9. The molecule has 2 aromatic carbocycles. The highest BCUT2D eigenvalue weighted by Gasteiger charge is 2.46. The molecule has 10 nitrogen and oxygen atoms in total. The number of carbonyl (C=O) groups excluding carboxylic acids is 2. The van der Waals surface area contributed by atoms with Gasteiger partial charge in [-0.1, -0.05) is 12.1 Å². The number of likely N-dealkylation sites (tertiary alicyclic amines) is 1. The van der Waals surface area contributed by atoms with E-state index in [2.05, 4.69) is 25.9 Å². The fraction of sp³-hybridized carbons (Fsp3) is 0.222. The van der Waals surface area contributed by atoms with Crippen molar-refractivity contribution in [1.82, 2.24) is 29.7 Å². The van der Waals surface area contributed by atoms with Crippen LogP contribution < -0.4 is 10.6 Å². The molecule has 3 aromatic heterocycles. The molecule has 2 amide bonds. The number of rotatable bonds is 6. The van der Waals surface area contributed by atoms with Crippen molar-refractivity contribution in [2.24, 2.45) is 0 Å². The molecule has 13 heteroatoms. The van der Waals surface area contributed by atoms with E-state index in [1.165, 1.54) is 0 Å². The van der Waals surface area contributed by atoms with Gasteiger partial charge in [0.25, 0.3) is 0 Å². The predicted molar refractivity (Wildman–Crippen MR) is 142 cm³/mol. The number of alkyl halides is 3. The number of amides is 2. The summed E-state index contributed by atoms with van der Waals surface area (Å²) in [5, 5.41) is 18.6. The minimum absolute atomic E-state index is 0.0166. The largest absolute Gasteiger partial charge is 0.471 e. The van der Waals surface area contributed by atoms with Crippen molar-refractivity contribution < 1.29 is 22.8 Å². The van der Waals surface area contributed by atoms with Crippen LogP contribution in [0.25, 0.3) is 27.8 Å². The molecule has 0 spiro atoms. The number of hydrogen-bond acceptors (Lipinski definition) is 6. The highest BCUT2D eigenvalue weighted by atomic mass is 19.4. The van der Waals surface area contributed by atoms with Crippen LogP contribution in [0.2, 0.25) is 0 Å². The van der Waals surface area contributed by atoms with Gasteiger partial charge >= 0.3 is 12.1 Å². The lowest BCUT2D eigenvalue weighted by atomic mass is 10.1. The first-order valence-electron chi connectivity index (χ1n) is 12.6. The Morgan fingerprint density at radius 2 is 1.95 bits per heavy atom. The summed E-state index contributed by atoms with van der Waals surface area (Å²) in [6.07, 6.45) is -0.909. The average molecular weight is 549 g/mol. The van der Waals surface area contributed by atoms with Crippen molar-refractivity contribution in [2.75, 3.05) is 17.2 Å². The first-order chi connectivity index (χ1) is 19.2. The van der Waals surface area contributed by atoms with E-state index in [-0.39, 0.29) is 13.0 Å². The Bertz CT molecular complexity index is 1730. The maximum Gasteiger partial charge on any atom is 0.471 e. The zero-order valence-corrected chi connectivity index (χ0v) is 20.9. The first kappa shape index (κ1) is 25.3. The van der Waals surface area contributed by atoms with Gasteiger partial charge in [0.2, 0.25) is 5.91 Å². The van der Waals surface area contributed by atoms with Crippen molar-refractivity contribution in [3.8, 4) is 11.4 Å². The Morgan fingerprint density at radius 1 is 1.07 bits per heavy atom. The molecule has 5 aromatic rings. The van der Waals surface area contributed by atoms with E-state index in [4.69, 9.17) is 4.98 Å². The third-order valence-corrected chi connectivity index (χ3v) is 6.80. The smallest absolute Gasteiger partial charge is 0.338 e. The maximum absolute atomic E-state index is 12.9. The highest BCUT2D eigenvalue weighted by Crippen LogP contribution is 2.29. The quantitative estimate of drug-likeness (QED) is 0.278. The lowest BCUT2D eigenvalue weighted by Gasteiger charge is -2.25. The number of aromatic nitrogens is 5. The molecule has 1 fully saturated rings. The van der Waals surface area contributed by atoms with Crippen molar-refractivity contribution in [3.05, 3.63) is 67.0 Å². The van der Waals surface area contributed by atoms with Gasteiger partial charge in [-0.3, -0.25) is 14.7 Å². The molecule has 0 bridgehead atoms. The second kappa shape index (κ2) is 9.98. The first-order valence-corrected chi connectivity index (χ1v) is 12.6. The van der Waals surface area contributed by atoms with Crippen LogP contribution in [-0.4, -0.2) is 60.3 Å². The number of nitrogens with zero attached hydrogens (tertiary/aromatic N) is 5. The number of benzene rings is 2. The maximum atomic E-state index is 12.9. The second-order valence-electron chi connectivity index (χ2n) is 9.54. The fourth-order valence-corrected chi connectivity index (χ4v) is 4.95. The Balaban J connectivity index is 1.21. The van der Waals surface area contributed by atoms with Gasteiger partial charge in [-0.15, -0.1) is 5.10 Å². The molecule has 4 heterocycles. The summed E-state index contributed by atoms with van der Waals surface area (Å²) in [5.41, 5.74) is 3.54. The summed E-state index contributed by atoms with van der Waals surface area (Å²) in [4.78, 5) is 29.9. The molecule has 3 N–H and O–H groups in total. The van der Waals surface area contributed by atoms with Crippen molar-refractivity contribution in [2.45, 2.75) is 31.5 Å². The Labute approximate surface area is 225 Å². The average Bonchev–Trinajstić information content (AvgIpc) is 3.68. The van der Waals surface area contributed by atoms with E-state index in [0.29, 0.717) is 35.7 Å². The standard InChI is InChI=1S/C27H23F3N8O2/c28-27(29,30)26(40)37-10-2-6-20(37)14-23(39)32-18-5-1-4-16(12-18)24-34-25(22-7-3-11-38(22)36-24)33-19-8-9-21-17(13-19)15-31-35-21/h1,3-5,7-9,11-13,15,20H,2,6,10,14H2,(H,31,35)(H,32,39)(H,33,34,36)/t20-/m1/s1. The molecule has 0 unspecified atom stereocenters. The minimum atomic E-state index is -4.96. The molecule has 1 atom stereocenters. The lowest BCUT2D eigenvalue weighted by Crippen LogP contribution is -2.44. The van der Waals surface area contributed by atoms with Gasteiger partial charge in [0.15, 0.2) is 11.6 Å². The van der Waals surface area contributed by atoms with Crippen LogP contribution in [0.1, 0.15) is 19.3 Å². The van der Waals surface area contributed by atoms with E-state index >= 15 is 0 Å². The number of anilines is 3. The van der Waals surface area contributed by atoms with Gasteiger partial charge in [0, 0.05) is 47.5 Å². The fourth-order valence-electron chi connectivity index (χ4n) is 4.95. The highest BCUT2D eigenvalue weighted by molar-refractivity contribution is 5.92. The Kier molecular flexibility index (Phi) is 6.33. The normalized spacial score (nSPS) is 15.6. The molecule has 0 aliphatic carbocycles. The van der Waals surface area contributed by atoms with Gasteiger partial charge < -0.3 is 15.5 Å². The molecular formula is C27H23F3N8O2. The molecule has 0 radical (unpaired) electrons. The van der Waals surface area contributed by atoms with Gasteiger partial charge in [-0.25, -0.2) is 9.50 Å². The molecule has 40 heavy (non-hydrogen) atoms. The van der Waals surface area contributed by atoms with Crippen LogP contribution in [0.15, 0.2) is 67.0 Å². The molecule has 1 saturated heterocycles. The summed E-state index contributed by atoms with van der Waals surface area (Å²) in [5.74, 6) is -1.42. The van der Waals surface area contributed by atoms with E-state index in [1.807, 2.05) is 30.3 Å². The van der Waals surface area contributed by atoms with Crippen molar-refractivity contribution >= 4 is 45.4 Å². The van der Waals surface area contributed by atoms with Crippen LogP contribution in [0.4, 0.5) is 30.4 Å². The van der Waals surface area contributed by atoms with Crippen LogP contribution >= 0.6 is 0 Å². The van der Waals surface area contributed by atoms with Gasteiger partial charge in [0.05, 0.1) is 11.7 Å². The third kappa shape index (κ3) is 5.05. The summed E-state index contributed by atoms with van der Waals surface area (Å²) in [6.45, 7) is -0.0166. The Morgan fingerprint density at radius 3 is 2.80 bits per heavy atom. The van der Waals surface area contributed by atoms with Gasteiger partial charge in [-0.2, -0.15) is 18.3 Å². The topological polar surface area (TPSA) is 120 Å². The van der Waals surface area contributed by atoms with Crippen molar-refractivity contribution in [1.29, 1.82) is 0 Å². The number of carbonyl (C=O) groups is 2. The van der Waals surface area contributed by atoms with Crippen molar-refractivity contribution in [3.63, 3.8) is 0 Å². The molecular weight excluding hydrogens is 525 g/mol. The number of H-pyrrole nitrogens is 1. The predicted octanol–water partition coefficient (Wildman–Crippen LogP) is 4.90. The number of fused-ring (bicyclic) bond motifs is 2. The zero-order chi connectivity index (χ0) is 27.9. The molecule has 6 rings (SSSR count). The molecule has 1 aliphatic rings. The number of hydrogen-bond donors (Lipinski definition) is 3. The van der Waals surface area contributed by atoms with Crippen LogP contribution in [-0.2, 0) is 9.59 Å². The lowest BCUT2D eigenvalue weighted by molar-refractivity contribution is -0.186. The van der Waals surface area contributed by atoms with Crippen LogP contribution in [0.5, 0.6) is 0 Å². The summed E-state index contributed by atoms with van der Waals surface area (Å²) >= 11 is 0. The third-order valence-electron chi connectivity index (χ3n) is 6.80. The SMILES string of the molecule is O=C(C[C@H]1CCCN1C(=O)C(F)(F)F)Nc1cccc(-c2nc(Nc3ccc4[nH]ncc4c3)c3cccn3n2)c1. The van der Waals surface area contributed by atoms with E-state index in [9.17, 15) is 22.8 Å². The molecule has 0 saturated carbocycles. The van der Waals surface area contributed by atoms with Crippen LogP contribution in [0, 0.1) is 0 Å². The van der Waals surface area contributed by atoms with E-state index in [0.717, 1.165) is 27.0 Å². The van der Waals surface area contributed by atoms with Gasteiger partial charge in [-0.05, 0) is 55.3 Å². The van der Waals surface area contributed by atoms with E-state index in [1.54, 1.807) is 41.2 Å². The molecule has 1 aliphatic heterocycles. The van der Waals surface area contributed by atoms with E-state index < -0.39 is 24.0 Å². The van der Waals surface area contributed by atoms with Crippen LogP contribution in [0.3, 0.4) is 0 Å². The Hall–Kier alpha value is -4.94. The molecule has 204 valence electrons. The number of halogens is 3. The summed E-state index contributed by atoms with van der Waals surface area (Å²) in [7, 11) is 0. The summed E-state index contributed by atoms with van der Waals surface area (Å²) in [6, 6.07) is 15.6. The summed E-state index contributed by atoms with van der Waals surface area (Å²) < 4.78 is 40.5.